The van der Waals surface area contributed by atoms with Gasteiger partial charge in [-0.3, -0.25) is 10.2 Å². The molecular weight excluding hydrogens is 312 g/mol. The van der Waals surface area contributed by atoms with E-state index in [1.807, 2.05) is 0 Å². The molecule has 0 radical (unpaired) electrons. The predicted octanol–water partition coefficient (Wildman–Crippen LogP) is -1.06. The number of hydrazine groups is 1. The van der Waals surface area contributed by atoms with Gasteiger partial charge >= 0.3 is 0 Å². The molecule has 0 aliphatic carbocycles. The Morgan fingerprint density at radius 3 is 1.92 bits per heavy atom. The normalized spacial score (nSPS) is 20.4. The number of amides is 1. The van der Waals surface area contributed by atoms with E-state index in [0.717, 1.165) is 32.7 Å². The highest BCUT2D eigenvalue weighted by Gasteiger charge is 2.31. The summed E-state index contributed by atoms with van der Waals surface area (Å²) in [6, 6.07) is 21.9. The SMILES string of the molecule is NNC(=O)CC[NH+]1CC[NH+](C(c2ccccc2)c2ccccc2)CC1. The molecule has 3 rings (SSSR count). The maximum atomic E-state index is 11.3. The van der Waals surface area contributed by atoms with Crippen LogP contribution in [0.4, 0.5) is 0 Å². The van der Waals surface area contributed by atoms with Crippen molar-refractivity contribution in [3.63, 3.8) is 0 Å². The van der Waals surface area contributed by atoms with Crippen LogP contribution in [-0.4, -0.2) is 38.6 Å². The fraction of sp³-hybridized carbons (Fsp3) is 0.350. The van der Waals surface area contributed by atoms with Gasteiger partial charge in [-0.1, -0.05) is 60.7 Å². The average Bonchev–Trinajstić information content (AvgIpc) is 2.69. The Morgan fingerprint density at radius 1 is 0.920 bits per heavy atom. The lowest BCUT2D eigenvalue weighted by Crippen LogP contribution is -3.28. The van der Waals surface area contributed by atoms with Gasteiger partial charge in [-0.2, -0.15) is 0 Å². The monoisotopic (exact) mass is 340 g/mol. The molecule has 1 saturated heterocycles. The van der Waals surface area contributed by atoms with Crippen molar-refractivity contribution in [3.05, 3.63) is 71.8 Å². The lowest BCUT2D eigenvalue weighted by atomic mass is 9.96. The van der Waals surface area contributed by atoms with Crippen LogP contribution in [0.3, 0.4) is 0 Å². The molecule has 0 unspecified atom stereocenters. The van der Waals surface area contributed by atoms with Gasteiger partial charge in [0.25, 0.3) is 0 Å². The van der Waals surface area contributed by atoms with Crippen LogP contribution in [0.1, 0.15) is 23.6 Å². The number of hydrogen-bond acceptors (Lipinski definition) is 2. The number of nitrogens with two attached hydrogens (primary N) is 1. The number of carbonyl (C=O) groups is 1. The molecule has 2 aromatic rings. The summed E-state index contributed by atoms with van der Waals surface area (Å²) in [6.07, 6.45) is 0.502. The summed E-state index contributed by atoms with van der Waals surface area (Å²) in [7, 11) is 0. The lowest BCUT2D eigenvalue weighted by Gasteiger charge is -2.35. The summed E-state index contributed by atoms with van der Waals surface area (Å²) in [6.45, 7) is 5.24. The molecule has 5 heteroatoms. The minimum Gasteiger partial charge on any atom is -0.325 e. The van der Waals surface area contributed by atoms with Gasteiger partial charge in [-0.05, 0) is 0 Å². The number of rotatable bonds is 6. The van der Waals surface area contributed by atoms with E-state index in [4.69, 9.17) is 5.84 Å². The fourth-order valence-corrected chi connectivity index (χ4v) is 3.78. The first-order chi connectivity index (χ1) is 12.3. The molecule has 0 saturated carbocycles. The molecule has 1 amide bonds. The van der Waals surface area contributed by atoms with Crippen LogP contribution in [0.5, 0.6) is 0 Å². The van der Waals surface area contributed by atoms with E-state index >= 15 is 0 Å². The molecule has 5 N–H and O–H groups in total. The Bertz CT molecular complexity index is 614. The predicted molar refractivity (Wildman–Crippen MR) is 97.9 cm³/mol. The van der Waals surface area contributed by atoms with Gasteiger partial charge < -0.3 is 9.80 Å². The van der Waals surface area contributed by atoms with Gasteiger partial charge in [0.05, 0.1) is 13.0 Å². The lowest BCUT2D eigenvalue weighted by molar-refractivity contribution is -1.02. The van der Waals surface area contributed by atoms with Crippen LogP contribution < -0.4 is 21.1 Å². The van der Waals surface area contributed by atoms with E-state index in [0.29, 0.717) is 12.5 Å². The van der Waals surface area contributed by atoms with Crippen LogP contribution in [0, 0.1) is 0 Å². The van der Waals surface area contributed by atoms with Crippen molar-refractivity contribution in [3.8, 4) is 0 Å². The molecule has 1 aliphatic rings. The van der Waals surface area contributed by atoms with Gasteiger partial charge in [-0.15, -0.1) is 0 Å². The van der Waals surface area contributed by atoms with Crippen molar-refractivity contribution in [2.75, 3.05) is 32.7 Å². The molecule has 1 fully saturated rings. The summed E-state index contributed by atoms with van der Waals surface area (Å²) >= 11 is 0. The Labute approximate surface area is 149 Å². The number of nitrogens with one attached hydrogen (secondary N) is 3. The van der Waals surface area contributed by atoms with E-state index in [1.165, 1.54) is 16.0 Å². The zero-order chi connectivity index (χ0) is 17.5. The van der Waals surface area contributed by atoms with E-state index in [2.05, 4.69) is 66.1 Å². The molecule has 132 valence electrons. The zero-order valence-corrected chi connectivity index (χ0v) is 14.6. The Balaban J connectivity index is 1.68. The first-order valence-electron chi connectivity index (χ1n) is 9.05. The molecule has 0 atom stereocenters. The number of piperazine rings is 1. The zero-order valence-electron chi connectivity index (χ0n) is 14.6. The quantitative estimate of drug-likeness (QED) is 0.308. The van der Waals surface area contributed by atoms with E-state index in [-0.39, 0.29) is 5.91 Å². The van der Waals surface area contributed by atoms with Gasteiger partial charge in [0.2, 0.25) is 5.91 Å². The average molecular weight is 340 g/mol. The van der Waals surface area contributed by atoms with Crippen LogP contribution in [-0.2, 0) is 4.79 Å². The minimum atomic E-state index is -0.0753. The third-order valence-electron chi connectivity index (χ3n) is 5.14. The topological polar surface area (TPSA) is 64.0 Å². The molecule has 1 aliphatic heterocycles. The standard InChI is InChI=1S/C20H26N4O/c21-22-19(25)11-12-23-13-15-24(16-14-23)20(17-7-3-1-4-8-17)18-9-5-2-6-10-18/h1-10,20H,11-16,21H2,(H,22,25)/p+2. The van der Waals surface area contributed by atoms with Crippen molar-refractivity contribution in [1.29, 1.82) is 0 Å². The van der Waals surface area contributed by atoms with Crippen LogP contribution in [0.25, 0.3) is 0 Å². The summed E-state index contributed by atoms with van der Waals surface area (Å²) in [5.74, 6) is 5.09. The van der Waals surface area contributed by atoms with Crippen molar-refractivity contribution in [2.45, 2.75) is 12.5 Å². The summed E-state index contributed by atoms with van der Waals surface area (Å²) in [4.78, 5) is 14.4. The number of hydrogen-bond donors (Lipinski definition) is 4. The van der Waals surface area contributed by atoms with Gasteiger partial charge in [-0.25, -0.2) is 5.84 Å². The van der Waals surface area contributed by atoms with E-state index in [1.54, 1.807) is 4.90 Å². The van der Waals surface area contributed by atoms with Crippen molar-refractivity contribution < 1.29 is 14.6 Å². The molecule has 0 aromatic heterocycles. The van der Waals surface area contributed by atoms with E-state index in [9.17, 15) is 4.79 Å². The third kappa shape index (κ3) is 4.66. The molecule has 5 nitrogen and oxygen atoms in total. The van der Waals surface area contributed by atoms with Gasteiger partial charge in [0.15, 0.2) is 0 Å². The van der Waals surface area contributed by atoms with Crippen molar-refractivity contribution in [1.82, 2.24) is 5.43 Å². The second-order valence-corrected chi connectivity index (χ2v) is 6.73. The second kappa shape index (κ2) is 8.76. The molecular formula is C20H28N4O+2. The van der Waals surface area contributed by atoms with Crippen LogP contribution in [0.2, 0.25) is 0 Å². The fourth-order valence-electron chi connectivity index (χ4n) is 3.78. The first-order valence-corrected chi connectivity index (χ1v) is 9.05. The molecule has 25 heavy (non-hydrogen) atoms. The molecule has 0 bridgehead atoms. The van der Waals surface area contributed by atoms with Crippen LogP contribution >= 0.6 is 0 Å². The number of quaternary nitrogens is 2. The maximum absolute atomic E-state index is 11.3. The largest absolute Gasteiger partial charge is 0.325 e. The van der Waals surface area contributed by atoms with Crippen molar-refractivity contribution >= 4 is 5.91 Å². The summed E-state index contributed by atoms with van der Waals surface area (Å²) < 4.78 is 0. The Hall–Kier alpha value is -2.21. The maximum Gasteiger partial charge on any atom is 0.239 e. The molecule has 2 aromatic carbocycles. The smallest absolute Gasteiger partial charge is 0.239 e. The highest BCUT2D eigenvalue weighted by atomic mass is 16.2. The highest BCUT2D eigenvalue weighted by molar-refractivity contribution is 5.75. The second-order valence-electron chi connectivity index (χ2n) is 6.73. The first kappa shape index (κ1) is 17.6. The Kier molecular flexibility index (Phi) is 6.17. The summed E-state index contributed by atoms with van der Waals surface area (Å²) in [5.41, 5.74) is 4.96. The highest BCUT2D eigenvalue weighted by Crippen LogP contribution is 2.18. The van der Waals surface area contributed by atoms with Crippen molar-refractivity contribution in [2.24, 2.45) is 5.84 Å². The van der Waals surface area contributed by atoms with E-state index < -0.39 is 0 Å². The number of carbonyl (C=O) groups excluding carboxylic acids is 1. The third-order valence-corrected chi connectivity index (χ3v) is 5.14. The minimum absolute atomic E-state index is 0.0753. The molecule has 0 spiro atoms. The number of benzene rings is 2. The molecule has 1 heterocycles. The summed E-state index contributed by atoms with van der Waals surface area (Å²) in [5, 5.41) is 0. The Morgan fingerprint density at radius 2 is 1.44 bits per heavy atom. The van der Waals surface area contributed by atoms with Gasteiger partial charge in [0, 0.05) is 11.1 Å². The van der Waals surface area contributed by atoms with Gasteiger partial charge in [0.1, 0.15) is 32.2 Å². The van der Waals surface area contributed by atoms with Crippen LogP contribution in [0.15, 0.2) is 60.7 Å².